The van der Waals surface area contributed by atoms with Crippen molar-refractivity contribution in [1.82, 2.24) is 10.2 Å². The third-order valence-corrected chi connectivity index (χ3v) is 5.86. The summed E-state index contributed by atoms with van der Waals surface area (Å²) in [6.07, 6.45) is 11.6. The first-order valence-electron chi connectivity index (χ1n) is 8.28. The van der Waals surface area contributed by atoms with Crippen LogP contribution in [0, 0.1) is 11.3 Å². The summed E-state index contributed by atoms with van der Waals surface area (Å²) in [6.45, 7) is 7.70. The van der Waals surface area contributed by atoms with Gasteiger partial charge in [0.15, 0.2) is 0 Å². The van der Waals surface area contributed by atoms with Crippen LogP contribution in [-0.2, 0) is 0 Å². The zero-order valence-electron chi connectivity index (χ0n) is 12.1. The third-order valence-electron chi connectivity index (χ3n) is 5.86. The van der Waals surface area contributed by atoms with Crippen molar-refractivity contribution in [1.29, 1.82) is 0 Å². The zero-order valence-corrected chi connectivity index (χ0v) is 12.1. The second-order valence-corrected chi connectivity index (χ2v) is 7.02. The summed E-state index contributed by atoms with van der Waals surface area (Å²) in [5.41, 5.74) is 0.636. The lowest BCUT2D eigenvalue weighted by Crippen LogP contribution is -2.54. The van der Waals surface area contributed by atoms with Gasteiger partial charge in [0.1, 0.15) is 0 Å². The molecule has 104 valence electrons. The molecule has 0 aromatic carbocycles. The van der Waals surface area contributed by atoms with Crippen LogP contribution < -0.4 is 5.32 Å². The maximum Gasteiger partial charge on any atom is 0.0124 e. The minimum absolute atomic E-state index is 0.636. The highest BCUT2D eigenvalue weighted by Gasteiger charge is 2.40. The maximum absolute atomic E-state index is 3.65. The van der Waals surface area contributed by atoms with Crippen molar-refractivity contribution < 1.29 is 0 Å². The highest BCUT2D eigenvalue weighted by molar-refractivity contribution is 4.95. The molecule has 3 unspecified atom stereocenters. The largest absolute Gasteiger partial charge is 0.316 e. The summed E-state index contributed by atoms with van der Waals surface area (Å²) in [5.74, 6) is 0.997. The van der Waals surface area contributed by atoms with E-state index in [0.717, 1.165) is 12.0 Å². The van der Waals surface area contributed by atoms with Crippen LogP contribution in [0.15, 0.2) is 0 Å². The average molecular weight is 250 g/mol. The van der Waals surface area contributed by atoms with Gasteiger partial charge in [0, 0.05) is 19.1 Å². The molecule has 0 aromatic heterocycles. The summed E-state index contributed by atoms with van der Waals surface area (Å²) >= 11 is 0. The molecule has 2 aliphatic heterocycles. The van der Waals surface area contributed by atoms with Gasteiger partial charge in [0.25, 0.3) is 0 Å². The molecule has 3 fully saturated rings. The number of rotatable bonds is 2. The molecule has 18 heavy (non-hydrogen) atoms. The molecule has 1 saturated carbocycles. The van der Waals surface area contributed by atoms with Gasteiger partial charge in [-0.15, -0.1) is 0 Å². The second-order valence-electron chi connectivity index (χ2n) is 7.02. The Morgan fingerprint density at radius 3 is 2.83 bits per heavy atom. The van der Waals surface area contributed by atoms with Crippen molar-refractivity contribution in [2.45, 2.75) is 64.3 Å². The summed E-state index contributed by atoms with van der Waals surface area (Å²) in [7, 11) is 0. The monoisotopic (exact) mass is 250 g/mol. The van der Waals surface area contributed by atoms with E-state index in [-0.39, 0.29) is 0 Å². The van der Waals surface area contributed by atoms with Crippen molar-refractivity contribution in [3.05, 3.63) is 0 Å². The van der Waals surface area contributed by atoms with Crippen molar-refractivity contribution >= 4 is 0 Å². The molecule has 1 spiro atoms. The molecule has 1 N–H and O–H groups in total. The SMILES string of the molecule is CCC1CCCC1N1CCCC2(CCCNC2)C1. The van der Waals surface area contributed by atoms with Crippen LogP contribution in [-0.4, -0.2) is 37.1 Å². The fraction of sp³-hybridized carbons (Fsp3) is 1.00. The summed E-state index contributed by atoms with van der Waals surface area (Å²) in [4.78, 5) is 2.89. The van der Waals surface area contributed by atoms with Crippen LogP contribution in [0.4, 0.5) is 0 Å². The van der Waals surface area contributed by atoms with Crippen molar-refractivity contribution in [2.24, 2.45) is 11.3 Å². The first-order valence-corrected chi connectivity index (χ1v) is 8.28. The summed E-state index contributed by atoms with van der Waals surface area (Å²) in [6, 6.07) is 0.925. The number of piperidine rings is 2. The molecule has 3 atom stereocenters. The Morgan fingerprint density at radius 2 is 2.06 bits per heavy atom. The fourth-order valence-corrected chi connectivity index (χ4v) is 4.88. The van der Waals surface area contributed by atoms with E-state index in [0.29, 0.717) is 5.41 Å². The molecule has 3 rings (SSSR count). The molecule has 0 aromatic rings. The van der Waals surface area contributed by atoms with Gasteiger partial charge < -0.3 is 5.32 Å². The number of hydrogen-bond donors (Lipinski definition) is 1. The zero-order chi connectivity index (χ0) is 12.4. The lowest BCUT2D eigenvalue weighted by Gasteiger charge is -2.48. The van der Waals surface area contributed by atoms with Gasteiger partial charge in [-0.1, -0.05) is 19.8 Å². The van der Waals surface area contributed by atoms with Gasteiger partial charge in [0.05, 0.1) is 0 Å². The Balaban J connectivity index is 1.66. The first kappa shape index (κ1) is 12.9. The lowest BCUT2D eigenvalue weighted by molar-refractivity contribution is 0.0258. The van der Waals surface area contributed by atoms with E-state index in [4.69, 9.17) is 0 Å². The van der Waals surface area contributed by atoms with Crippen LogP contribution in [0.3, 0.4) is 0 Å². The van der Waals surface area contributed by atoms with Gasteiger partial charge in [0.2, 0.25) is 0 Å². The predicted octanol–water partition coefficient (Wildman–Crippen LogP) is 3.03. The van der Waals surface area contributed by atoms with E-state index in [1.54, 1.807) is 0 Å². The average Bonchev–Trinajstić information content (AvgIpc) is 2.88. The predicted molar refractivity (Wildman–Crippen MR) is 76.8 cm³/mol. The molecule has 0 amide bonds. The van der Waals surface area contributed by atoms with Gasteiger partial charge in [-0.05, 0) is 62.9 Å². The Morgan fingerprint density at radius 1 is 1.17 bits per heavy atom. The number of nitrogens with zero attached hydrogens (tertiary/aromatic N) is 1. The van der Waals surface area contributed by atoms with E-state index >= 15 is 0 Å². The van der Waals surface area contributed by atoms with E-state index in [1.165, 1.54) is 77.5 Å². The van der Waals surface area contributed by atoms with Gasteiger partial charge in [-0.25, -0.2) is 0 Å². The number of hydrogen-bond acceptors (Lipinski definition) is 2. The minimum atomic E-state index is 0.636. The third kappa shape index (κ3) is 2.46. The second kappa shape index (κ2) is 5.50. The van der Waals surface area contributed by atoms with Gasteiger partial charge in [-0.2, -0.15) is 0 Å². The standard InChI is InChI=1S/C16H30N2/c1-2-14-6-3-7-15(14)18-11-5-9-16(13-18)8-4-10-17-12-16/h14-15,17H,2-13H2,1H3. The highest BCUT2D eigenvalue weighted by Crippen LogP contribution is 2.40. The summed E-state index contributed by atoms with van der Waals surface area (Å²) < 4.78 is 0. The summed E-state index contributed by atoms with van der Waals surface area (Å²) in [5, 5.41) is 3.65. The first-order chi connectivity index (χ1) is 8.83. The van der Waals surface area contributed by atoms with Crippen LogP contribution in [0.1, 0.15) is 58.3 Å². The highest BCUT2D eigenvalue weighted by atomic mass is 15.2. The minimum Gasteiger partial charge on any atom is -0.316 e. The molecule has 2 heterocycles. The number of nitrogens with one attached hydrogen (secondary N) is 1. The van der Waals surface area contributed by atoms with Crippen LogP contribution in [0.5, 0.6) is 0 Å². The molecule has 0 bridgehead atoms. The van der Waals surface area contributed by atoms with E-state index in [1.807, 2.05) is 0 Å². The van der Waals surface area contributed by atoms with Gasteiger partial charge in [-0.3, -0.25) is 4.90 Å². The van der Waals surface area contributed by atoms with Crippen molar-refractivity contribution in [3.63, 3.8) is 0 Å². The van der Waals surface area contributed by atoms with Crippen LogP contribution >= 0.6 is 0 Å². The van der Waals surface area contributed by atoms with Gasteiger partial charge >= 0.3 is 0 Å². The molecule has 2 nitrogen and oxygen atoms in total. The molecule has 2 heteroatoms. The Labute approximate surface area is 113 Å². The molecule has 2 saturated heterocycles. The topological polar surface area (TPSA) is 15.3 Å². The number of likely N-dealkylation sites (tertiary alicyclic amines) is 1. The molecule has 3 aliphatic rings. The Bertz CT molecular complexity index is 265. The Kier molecular flexibility index (Phi) is 3.95. The molecular weight excluding hydrogens is 220 g/mol. The van der Waals surface area contributed by atoms with Crippen LogP contribution in [0.25, 0.3) is 0 Å². The Hall–Kier alpha value is -0.0800. The smallest absolute Gasteiger partial charge is 0.0124 e. The molecular formula is C16H30N2. The van der Waals surface area contributed by atoms with E-state index in [9.17, 15) is 0 Å². The fourth-order valence-electron chi connectivity index (χ4n) is 4.88. The molecule has 1 aliphatic carbocycles. The van der Waals surface area contributed by atoms with Crippen molar-refractivity contribution in [3.8, 4) is 0 Å². The van der Waals surface area contributed by atoms with Crippen LogP contribution in [0.2, 0.25) is 0 Å². The quantitative estimate of drug-likeness (QED) is 0.810. The lowest BCUT2D eigenvalue weighted by atomic mass is 9.73. The van der Waals surface area contributed by atoms with E-state index < -0.39 is 0 Å². The van der Waals surface area contributed by atoms with E-state index in [2.05, 4.69) is 17.1 Å². The molecule has 0 radical (unpaired) electrons. The van der Waals surface area contributed by atoms with Crippen molar-refractivity contribution in [2.75, 3.05) is 26.2 Å². The maximum atomic E-state index is 3.65. The normalized spacial score (nSPS) is 42.5.